The summed E-state index contributed by atoms with van der Waals surface area (Å²) in [4.78, 5) is 14.1. The third-order valence-electron chi connectivity index (χ3n) is 4.39. The van der Waals surface area contributed by atoms with Gasteiger partial charge in [-0.3, -0.25) is 4.90 Å². The van der Waals surface area contributed by atoms with E-state index in [0.717, 1.165) is 37.3 Å². The summed E-state index contributed by atoms with van der Waals surface area (Å²) in [5.41, 5.74) is 1.04. The lowest BCUT2D eigenvalue weighted by Gasteiger charge is -2.32. The van der Waals surface area contributed by atoms with Crippen molar-refractivity contribution >= 4 is 6.09 Å². The average molecular weight is 375 g/mol. The molecule has 1 aromatic heterocycles. The second-order valence-electron chi connectivity index (χ2n) is 7.88. The van der Waals surface area contributed by atoms with Crippen molar-refractivity contribution in [2.75, 3.05) is 13.1 Å². The van der Waals surface area contributed by atoms with E-state index >= 15 is 0 Å². The highest BCUT2D eigenvalue weighted by Gasteiger charge is 2.24. The first kappa shape index (κ1) is 19.4. The lowest BCUT2D eigenvalue weighted by Crippen LogP contribution is -2.45. The van der Waals surface area contributed by atoms with E-state index in [1.54, 1.807) is 12.1 Å². The topological polar surface area (TPSA) is 67.6 Å². The molecule has 7 heteroatoms. The maximum absolute atomic E-state index is 13.0. The molecule has 146 valence electrons. The molecule has 0 atom stereocenters. The summed E-state index contributed by atoms with van der Waals surface area (Å²) in [6.07, 6.45) is 1.36. The SMILES string of the molecule is CC(C)(C)OC(=O)NC1CCN(Cc2cc(-c3ccc(F)cc3)no2)CC1. The minimum atomic E-state index is -0.487. The van der Waals surface area contributed by atoms with Gasteiger partial charge in [-0.2, -0.15) is 0 Å². The first-order valence-corrected chi connectivity index (χ1v) is 9.22. The molecule has 1 aliphatic heterocycles. The fourth-order valence-electron chi connectivity index (χ4n) is 3.07. The smallest absolute Gasteiger partial charge is 0.407 e. The van der Waals surface area contributed by atoms with E-state index in [-0.39, 0.29) is 18.0 Å². The van der Waals surface area contributed by atoms with Crippen molar-refractivity contribution in [3.05, 3.63) is 41.9 Å². The Balaban J connectivity index is 1.47. The van der Waals surface area contributed by atoms with Gasteiger partial charge in [0.25, 0.3) is 0 Å². The summed E-state index contributed by atoms with van der Waals surface area (Å²) in [5.74, 6) is 0.498. The van der Waals surface area contributed by atoms with E-state index < -0.39 is 5.60 Å². The van der Waals surface area contributed by atoms with Gasteiger partial charge in [0.15, 0.2) is 5.76 Å². The number of hydrogen-bond donors (Lipinski definition) is 1. The molecule has 0 bridgehead atoms. The molecule has 6 nitrogen and oxygen atoms in total. The van der Waals surface area contributed by atoms with Crippen molar-refractivity contribution in [2.45, 2.75) is 51.8 Å². The van der Waals surface area contributed by atoms with E-state index in [1.807, 2.05) is 26.8 Å². The largest absolute Gasteiger partial charge is 0.444 e. The maximum Gasteiger partial charge on any atom is 0.407 e. The molecular formula is C20H26FN3O3. The van der Waals surface area contributed by atoms with Gasteiger partial charge in [0.2, 0.25) is 0 Å². The quantitative estimate of drug-likeness (QED) is 0.876. The molecule has 0 unspecified atom stereocenters. The summed E-state index contributed by atoms with van der Waals surface area (Å²) >= 11 is 0. The van der Waals surface area contributed by atoms with Gasteiger partial charge in [-0.05, 0) is 57.9 Å². The Morgan fingerprint density at radius 3 is 2.59 bits per heavy atom. The molecule has 1 amide bonds. The highest BCUT2D eigenvalue weighted by atomic mass is 19.1. The number of hydrogen-bond acceptors (Lipinski definition) is 5. The van der Waals surface area contributed by atoms with Crippen molar-refractivity contribution in [1.29, 1.82) is 0 Å². The molecule has 1 N–H and O–H groups in total. The first-order chi connectivity index (χ1) is 12.8. The monoisotopic (exact) mass is 375 g/mol. The number of piperidine rings is 1. The van der Waals surface area contributed by atoms with Crippen molar-refractivity contribution in [3.8, 4) is 11.3 Å². The molecule has 0 aliphatic carbocycles. The van der Waals surface area contributed by atoms with E-state index in [9.17, 15) is 9.18 Å². The summed E-state index contributed by atoms with van der Waals surface area (Å²) in [6, 6.07) is 8.20. The summed E-state index contributed by atoms with van der Waals surface area (Å²) in [7, 11) is 0. The van der Waals surface area contributed by atoms with Gasteiger partial charge in [0, 0.05) is 30.8 Å². The van der Waals surface area contributed by atoms with Crippen LogP contribution in [0.15, 0.2) is 34.9 Å². The van der Waals surface area contributed by atoms with Crippen LogP contribution in [0.25, 0.3) is 11.3 Å². The Morgan fingerprint density at radius 2 is 1.96 bits per heavy atom. The predicted molar refractivity (Wildman–Crippen MR) is 99.6 cm³/mol. The van der Waals surface area contributed by atoms with Crippen LogP contribution in [0.1, 0.15) is 39.4 Å². The predicted octanol–water partition coefficient (Wildman–Crippen LogP) is 3.97. The number of carbonyl (C=O) groups is 1. The highest BCUT2D eigenvalue weighted by molar-refractivity contribution is 5.68. The number of ether oxygens (including phenoxy) is 1. The fraction of sp³-hybridized carbons (Fsp3) is 0.500. The van der Waals surface area contributed by atoms with E-state index in [2.05, 4.69) is 15.4 Å². The number of nitrogens with one attached hydrogen (secondary N) is 1. The highest BCUT2D eigenvalue weighted by Crippen LogP contribution is 2.21. The molecule has 0 saturated carbocycles. The van der Waals surface area contributed by atoms with Crippen LogP contribution in [0.4, 0.5) is 9.18 Å². The fourth-order valence-corrected chi connectivity index (χ4v) is 3.07. The van der Waals surface area contributed by atoms with E-state index in [1.165, 1.54) is 12.1 Å². The van der Waals surface area contributed by atoms with Crippen LogP contribution in [0.5, 0.6) is 0 Å². The molecule has 1 aliphatic rings. The molecule has 0 radical (unpaired) electrons. The average Bonchev–Trinajstić information content (AvgIpc) is 3.04. The Hall–Kier alpha value is -2.41. The van der Waals surface area contributed by atoms with Crippen LogP contribution in [0.3, 0.4) is 0 Å². The normalized spacial score (nSPS) is 16.3. The molecule has 2 heterocycles. The molecule has 2 aromatic rings. The number of halogens is 1. The van der Waals surface area contributed by atoms with E-state index in [0.29, 0.717) is 12.2 Å². The summed E-state index contributed by atoms with van der Waals surface area (Å²) < 4.78 is 23.8. The third-order valence-corrected chi connectivity index (χ3v) is 4.39. The molecule has 1 fully saturated rings. The van der Waals surface area contributed by atoms with Crippen LogP contribution in [0.2, 0.25) is 0 Å². The molecular weight excluding hydrogens is 349 g/mol. The maximum atomic E-state index is 13.0. The Kier molecular flexibility index (Phi) is 5.79. The van der Waals surface area contributed by atoms with Crippen LogP contribution < -0.4 is 5.32 Å². The zero-order chi connectivity index (χ0) is 19.4. The molecule has 3 rings (SSSR count). The number of carbonyl (C=O) groups excluding carboxylic acids is 1. The zero-order valence-electron chi connectivity index (χ0n) is 16.0. The Labute approximate surface area is 158 Å². The summed E-state index contributed by atoms with van der Waals surface area (Å²) in [5, 5.41) is 7.01. The van der Waals surface area contributed by atoms with Crippen LogP contribution in [-0.2, 0) is 11.3 Å². The standard InChI is InChI=1S/C20H26FN3O3/c1-20(2,3)26-19(25)22-16-8-10-24(11-9-16)13-17-12-18(23-27-17)14-4-6-15(21)7-5-14/h4-7,12,16H,8-11,13H2,1-3H3,(H,22,25). The number of amides is 1. The van der Waals surface area contributed by atoms with Gasteiger partial charge < -0.3 is 14.6 Å². The molecule has 1 saturated heterocycles. The van der Waals surface area contributed by atoms with Crippen molar-refractivity contribution in [1.82, 2.24) is 15.4 Å². The Morgan fingerprint density at radius 1 is 1.30 bits per heavy atom. The van der Waals surface area contributed by atoms with Crippen LogP contribution in [-0.4, -0.2) is 40.9 Å². The number of aromatic nitrogens is 1. The zero-order valence-corrected chi connectivity index (χ0v) is 16.0. The minimum absolute atomic E-state index is 0.126. The second-order valence-corrected chi connectivity index (χ2v) is 7.88. The van der Waals surface area contributed by atoms with Gasteiger partial charge in [-0.15, -0.1) is 0 Å². The molecule has 1 aromatic carbocycles. The van der Waals surface area contributed by atoms with Crippen LogP contribution in [0, 0.1) is 5.82 Å². The first-order valence-electron chi connectivity index (χ1n) is 9.22. The lowest BCUT2D eigenvalue weighted by atomic mass is 10.1. The number of benzene rings is 1. The molecule has 27 heavy (non-hydrogen) atoms. The van der Waals surface area contributed by atoms with Crippen molar-refractivity contribution in [3.63, 3.8) is 0 Å². The van der Waals surface area contributed by atoms with Gasteiger partial charge in [0.1, 0.15) is 17.1 Å². The lowest BCUT2D eigenvalue weighted by molar-refractivity contribution is 0.0475. The Bertz CT molecular complexity index is 760. The van der Waals surface area contributed by atoms with Gasteiger partial charge in [-0.25, -0.2) is 9.18 Å². The second kappa shape index (κ2) is 8.08. The number of alkyl carbamates (subject to hydrolysis) is 1. The van der Waals surface area contributed by atoms with Gasteiger partial charge in [-0.1, -0.05) is 5.16 Å². The minimum Gasteiger partial charge on any atom is -0.444 e. The van der Waals surface area contributed by atoms with Crippen LogP contribution >= 0.6 is 0 Å². The summed E-state index contributed by atoms with van der Waals surface area (Å²) in [6.45, 7) is 7.93. The number of nitrogens with zero attached hydrogens (tertiary/aromatic N) is 2. The van der Waals surface area contributed by atoms with Crippen molar-refractivity contribution in [2.24, 2.45) is 0 Å². The molecule has 0 spiro atoms. The van der Waals surface area contributed by atoms with E-state index in [4.69, 9.17) is 9.26 Å². The van der Waals surface area contributed by atoms with Crippen molar-refractivity contribution < 1.29 is 18.4 Å². The van der Waals surface area contributed by atoms with Gasteiger partial charge >= 0.3 is 6.09 Å². The van der Waals surface area contributed by atoms with Gasteiger partial charge in [0.05, 0.1) is 6.54 Å². The third kappa shape index (κ3) is 5.79. The number of rotatable bonds is 4. The number of likely N-dealkylation sites (tertiary alicyclic amines) is 1.